The normalized spacial score (nSPS) is 14.1. The molecule has 1 heterocycles. The van der Waals surface area contributed by atoms with E-state index in [4.69, 9.17) is 4.74 Å². The predicted octanol–water partition coefficient (Wildman–Crippen LogP) is 1.15. The molecule has 0 aliphatic heterocycles. The molecular formula is C10H15N3O. The Morgan fingerprint density at radius 2 is 2.21 bits per heavy atom. The number of methoxy groups -OCH3 is 1. The van der Waals surface area contributed by atoms with Crippen LogP contribution in [0.15, 0.2) is 0 Å². The van der Waals surface area contributed by atoms with Crippen LogP contribution in [0.2, 0.25) is 0 Å². The number of nitrogens with one attached hydrogen (secondary N) is 1. The Morgan fingerprint density at radius 1 is 1.36 bits per heavy atom. The second-order valence-electron chi connectivity index (χ2n) is 3.45. The van der Waals surface area contributed by atoms with Gasteiger partial charge in [-0.15, -0.1) is 0 Å². The molecule has 1 aliphatic carbocycles. The zero-order chi connectivity index (χ0) is 9.97. The lowest BCUT2D eigenvalue weighted by Gasteiger charge is -2.08. The molecule has 0 bridgehead atoms. The van der Waals surface area contributed by atoms with Crippen LogP contribution in [0.3, 0.4) is 0 Å². The van der Waals surface area contributed by atoms with Crippen molar-refractivity contribution in [2.24, 2.45) is 0 Å². The third kappa shape index (κ3) is 1.57. The lowest BCUT2D eigenvalue weighted by molar-refractivity contribution is 0.177. The number of aryl methyl sites for hydroxylation is 1. The fraction of sp³-hybridized carbons (Fsp3) is 0.600. The number of rotatable bonds is 3. The third-order valence-corrected chi connectivity index (χ3v) is 2.49. The van der Waals surface area contributed by atoms with Crippen molar-refractivity contribution in [3.63, 3.8) is 0 Å². The summed E-state index contributed by atoms with van der Waals surface area (Å²) in [7, 11) is 3.56. The Bertz CT molecular complexity index is 338. The Hall–Kier alpha value is -1.16. The van der Waals surface area contributed by atoms with E-state index in [0.717, 1.165) is 24.5 Å². The first kappa shape index (κ1) is 9.40. The van der Waals surface area contributed by atoms with Crippen molar-refractivity contribution in [1.82, 2.24) is 9.97 Å². The monoisotopic (exact) mass is 193 g/mol. The van der Waals surface area contributed by atoms with E-state index in [1.54, 1.807) is 7.11 Å². The number of fused-ring (bicyclic) bond motifs is 1. The Kier molecular flexibility index (Phi) is 2.63. The standard InChI is InChI=1S/C10H15N3O/c1-11-10-7-4-3-5-8(7)12-9(13-10)6-14-2/h3-6H2,1-2H3,(H,11,12,13). The molecule has 0 fully saturated rings. The van der Waals surface area contributed by atoms with Gasteiger partial charge >= 0.3 is 0 Å². The number of anilines is 1. The van der Waals surface area contributed by atoms with Crippen molar-refractivity contribution in [2.45, 2.75) is 25.9 Å². The van der Waals surface area contributed by atoms with Gasteiger partial charge in [0.05, 0.1) is 0 Å². The van der Waals surface area contributed by atoms with Crippen LogP contribution in [0.25, 0.3) is 0 Å². The summed E-state index contributed by atoms with van der Waals surface area (Å²) in [5, 5.41) is 3.12. The van der Waals surface area contributed by atoms with E-state index in [1.807, 2.05) is 7.05 Å². The van der Waals surface area contributed by atoms with Crippen molar-refractivity contribution in [1.29, 1.82) is 0 Å². The maximum atomic E-state index is 5.03. The van der Waals surface area contributed by atoms with Crippen molar-refractivity contribution in [3.8, 4) is 0 Å². The number of ether oxygens (including phenoxy) is 1. The van der Waals surface area contributed by atoms with Gasteiger partial charge in [-0.25, -0.2) is 9.97 Å². The van der Waals surface area contributed by atoms with E-state index in [9.17, 15) is 0 Å². The summed E-state index contributed by atoms with van der Waals surface area (Å²) in [5.41, 5.74) is 2.48. The molecule has 4 nitrogen and oxygen atoms in total. The minimum Gasteiger partial charge on any atom is -0.377 e. The van der Waals surface area contributed by atoms with E-state index < -0.39 is 0 Å². The van der Waals surface area contributed by atoms with Crippen LogP contribution in [0.5, 0.6) is 0 Å². The average Bonchev–Trinajstić information content (AvgIpc) is 2.65. The Morgan fingerprint density at radius 3 is 2.93 bits per heavy atom. The Balaban J connectivity index is 2.39. The first-order valence-electron chi connectivity index (χ1n) is 4.90. The number of nitrogens with zero attached hydrogens (tertiary/aromatic N) is 2. The minimum absolute atomic E-state index is 0.488. The van der Waals surface area contributed by atoms with E-state index in [-0.39, 0.29) is 0 Å². The highest BCUT2D eigenvalue weighted by molar-refractivity contribution is 5.48. The summed E-state index contributed by atoms with van der Waals surface area (Å²) in [5.74, 6) is 1.75. The quantitative estimate of drug-likeness (QED) is 0.782. The van der Waals surface area contributed by atoms with Gasteiger partial charge in [0.25, 0.3) is 0 Å². The van der Waals surface area contributed by atoms with Crippen LogP contribution >= 0.6 is 0 Å². The summed E-state index contributed by atoms with van der Waals surface area (Å²) >= 11 is 0. The average molecular weight is 193 g/mol. The van der Waals surface area contributed by atoms with Gasteiger partial charge in [-0.05, 0) is 19.3 Å². The van der Waals surface area contributed by atoms with Gasteiger partial charge in [-0.2, -0.15) is 0 Å². The summed E-state index contributed by atoms with van der Waals surface area (Å²) in [6.07, 6.45) is 3.36. The summed E-state index contributed by atoms with van der Waals surface area (Å²) in [6.45, 7) is 0.488. The summed E-state index contributed by atoms with van der Waals surface area (Å²) in [4.78, 5) is 8.88. The maximum absolute atomic E-state index is 5.03. The molecule has 0 spiro atoms. The van der Waals surface area contributed by atoms with Gasteiger partial charge in [0.15, 0.2) is 5.82 Å². The van der Waals surface area contributed by atoms with Crippen LogP contribution in [0, 0.1) is 0 Å². The molecule has 0 atom stereocenters. The molecule has 76 valence electrons. The molecule has 4 heteroatoms. The fourth-order valence-electron chi connectivity index (χ4n) is 1.88. The molecule has 1 aromatic rings. The van der Waals surface area contributed by atoms with Crippen LogP contribution in [-0.4, -0.2) is 24.1 Å². The minimum atomic E-state index is 0.488. The zero-order valence-electron chi connectivity index (χ0n) is 8.63. The number of aromatic nitrogens is 2. The van der Waals surface area contributed by atoms with Crippen LogP contribution in [-0.2, 0) is 24.2 Å². The fourth-order valence-corrected chi connectivity index (χ4v) is 1.88. The molecule has 0 unspecified atom stereocenters. The molecule has 0 saturated heterocycles. The second-order valence-corrected chi connectivity index (χ2v) is 3.45. The molecule has 0 saturated carbocycles. The van der Waals surface area contributed by atoms with Crippen molar-refractivity contribution in [3.05, 3.63) is 17.1 Å². The van der Waals surface area contributed by atoms with Gasteiger partial charge < -0.3 is 10.1 Å². The van der Waals surface area contributed by atoms with Gasteiger partial charge in [-0.3, -0.25) is 0 Å². The molecule has 0 radical (unpaired) electrons. The smallest absolute Gasteiger partial charge is 0.156 e. The lowest BCUT2D eigenvalue weighted by Crippen LogP contribution is -2.06. The SMILES string of the molecule is CNc1nc(COC)nc2c1CCC2. The number of hydrogen-bond acceptors (Lipinski definition) is 4. The molecule has 1 aliphatic rings. The van der Waals surface area contributed by atoms with Gasteiger partial charge in [0, 0.05) is 25.4 Å². The van der Waals surface area contributed by atoms with E-state index in [1.165, 1.54) is 17.7 Å². The molecule has 1 aromatic heterocycles. The van der Waals surface area contributed by atoms with E-state index in [0.29, 0.717) is 6.61 Å². The summed E-state index contributed by atoms with van der Waals surface area (Å²) < 4.78 is 5.03. The topological polar surface area (TPSA) is 47.0 Å². The highest BCUT2D eigenvalue weighted by Crippen LogP contribution is 2.25. The Labute approximate surface area is 83.7 Å². The van der Waals surface area contributed by atoms with Gasteiger partial charge in [0.1, 0.15) is 12.4 Å². The van der Waals surface area contributed by atoms with Crippen molar-refractivity contribution >= 4 is 5.82 Å². The van der Waals surface area contributed by atoms with Crippen molar-refractivity contribution in [2.75, 3.05) is 19.5 Å². The summed E-state index contributed by atoms with van der Waals surface area (Å²) in [6, 6.07) is 0. The van der Waals surface area contributed by atoms with Gasteiger partial charge in [-0.1, -0.05) is 0 Å². The van der Waals surface area contributed by atoms with Crippen LogP contribution in [0.4, 0.5) is 5.82 Å². The van der Waals surface area contributed by atoms with Crippen LogP contribution < -0.4 is 5.32 Å². The molecule has 2 rings (SSSR count). The lowest BCUT2D eigenvalue weighted by atomic mass is 10.2. The molecule has 14 heavy (non-hydrogen) atoms. The molecule has 0 amide bonds. The second kappa shape index (κ2) is 3.92. The van der Waals surface area contributed by atoms with Crippen LogP contribution in [0.1, 0.15) is 23.5 Å². The first-order valence-corrected chi connectivity index (χ1v) is 4.90. The van der Waals surface area contributed by atoms with E-state index >= 15 is 0 Å². The molecule has 0 aromatic carbocycles. The van der Waals surface area contributed by atoms with E-state index in [2.05, 4.69) is 15.3 Å². The third-order valence-electron chi connectivity index (χ3n) is 2.49. The predicted molar refractivity (Wildman–Crippen MR) is 54.3 cm³/mol. The van der Waals surface area contributed by atoms with Crippen molar-refractivity contribution < 1.29 is 4.74 Å². The van der Waals surface area contributed by atoms with Gasteiger partial charge in [0.2, 0.25) is 0 Å². The largest absolute Gasteiger partial charge is 0.377 e. The molecule has 1 N–H and O–H groups in total. The highest BCUT2D eigenvalue weighted by Gasteiger charge is 2.18. The maximum Gasteiger partial charge on any atom is 0.156 e. The highest BCUT2D eigenvalue weighted by atomic mass is 16.5. The first-order chi connectivity index (χ1) is 6.85. The molecular weight excluding hydrogens is 178 g/mol. The zero-order valence-corrected chi connectivity index (χ0v) is 8.63. The number of hydrogen-bond donors (Lipinski definition) is 1.